The van der Waals surface area contributed by atoms with Gasteiger partial charge in [-0.3, -0.25) is 0 Å². The van der Waals surface area contributed by atoms with Crippen LogP contribution in [0.3, 0.4) is 0 Å². The van der Waals surface area contributed by atoms with Gasteiger partial charge in [0, 0.05) is 0 Å². The smallest absolute Gasteiger partial charge is 0.188 e. The first-order valence-corrected chi connectivity index (χ1v) is 7.40. The second-order valence-corrected chi connectivity index (χ2v) is 5.46. The van der Waals surface area contributed by atoms with Gasteiger partial charge in [-0.25, -0.2) is 0 Å². The van der Waals surface area contributed by atoms with Crippen molar-refractivity contribution in [3.8, 4) is 11.1 Å². The van der Waals surface area contributed by atoms with Crippen LogP contribution >= 0.6 is 0 Å². The molecule has 0 unspecified atom stereocenters. The molecule has 0 saturated carbocycles. The molecular weight excluding hydrogens is 236 g/mol. The van der Waals surface area contributed by atoms with Crippen LogP contribution in [0.5, 0.6) is 0 Å². The van der Waals surface area contributed by atoms with Gasteiger partial charge in [0.15, 0.2) is 9.76 Å². The molecule has 0 radical (unpaired) electrons. The maximum atomic E-state index is 9.54. The molecule has 0 bridgehead atoms. The van der Waals surface area contributed by atoms with Crippen molar-refractivity contribution in [3.05, 3.63) is 66.7 Å². The van der Waals surface area contributed by atoms with Gasteiger partial charge in [-0.2, -0.15) is 0 Å². The van der Waals surface area contributed by atoms with Crippen LogP contribution in [0.25, 0.3) is 21.9 Å². The van der Waals surface area contributed by atoms with Gasteiger partial charge < -0.3 is 4.80 Å². The Hall–Kier alpha value is -1.90. The van der Waals surface area contributed by atoms with E-state index in [1.54, 1.807) is 0 Å². The summed E-state index contributed by atoms with van der Waals surface area (Å²) in [6, 6.07) is 22.9. The maximum Gasteiger partial charge on any atom is 0.188 e. The third kappa shape index (κ3) is 1.96. The molecule has 18 heavy (non-hydrogen) atoms. The molecule has 0 fully saturated rings. The van der Waals surface area contributed by atoms with E-state index in [1.807, 2.05) is 30.3 Å². The minimum atomic E-state index is -1.13. The Bertz CT molecular complexity index is 677. The van der Waals surface area contributed by atoms with Gasteiger partial charge in [-0.05, 0) is 33.2 Å². The minimum Gasteiger partial charge on any atom is -0.433 e. The highest BCUT2D eigenvalue weighted by atomic mass is 28.2. The molecule has 0 amide bonds. The van der Waals surface area contributed by atoms with Crippen LogP contribution in [0.15, 0.2) is 66.7 Å². The number of fused-ring (bicyclic) bond motifs is 1. The van der Waals surface area contributed by atoms with Crippen LogP contribution < -0.4 is 5.19 Å². The van der Waals surface area contributed by atoms with Gasteiger partial charge in [0.1, 0.15) is 0 Å². The summed E-state index contributed by atoms with van der Waals surface area (Å²) in [4.78, 5) is 9.54. The van der Waals surface area contributed by atoms with Gasteiger partial charge in [0.2, 0.25) is 0 Å². The Morgan fingerprint density at radius 2 is 1.56 bits per heavy atom. The van der Waals surface area contributed by atoms with Crippen molar-refractivity contribution in [3.63, 3.8) is 0 Å². The van der Waals surface area contributed by atoms with E-state index in [1.165, 1.54) is 21.9 Å². The lowest BCUT2D eigenvalue weighted by molar-refractivity contribution is 0.616. The van der Waals surface area contributed by atoms with E-state index in [9.17, 15) is 4.80 Å². The fourth-order valence-corrected chi connectivity index (χ4v) is 3.00. The van der Waals surface area contributed by atoms with Gasteiger partial charge in [-0.15, -0.1) is 0 Å². The molecular formula is C16H14OSi. The first-order valence-electron chi connectivity index (χ1n) is 6.06. The third-order valence-electron chi connectivity index (χ3n) is 3.25. The maximum absolute atomic E-state index is 9.54. The zero-order chi connectivity index (χ0) is 12.4. The fourth-order valence-electron chi connectivity index (χ4n) is 2.29. The number of hydrogen-bond acceptors (Lipinski definition) is 1. The average Bonchev–Trinajstić information content (AvgIpc) is 2.47. The fraction of sp³-hybridized carbons (Fsp3) is 0. The molecule has 0 spiro atoms. The summed E-state index contributed by atoms with van der Waals surface area (Å²) >= 11 is 0. The van der Waals surface area contributed by atoms with Crippen LogP contribution in [0.1, 0.15) is 0 Å². The molecule has 0 atom stereocenters. The van der Waals surface area contributed by atoms with Crippen molar-refractivity contribution in [2.45, 2.75) is 0 Å². The quantitative estimate of drug-likeness (QED) is 0.691. The van der Waals surface area contributed by atoms with Crippen molar-refractivity contribution < 1.29 is 4.80 Å². The van der Waals surface area contributed by atoms with Crippen molar-refractivity contribution in [1.29, 1.82) is 0 Å². The zero-order valence-corrected chi connectivity index (χ0v) is 11.4. The van der Waals surface area contributed by atoms with E-state index < -0.39 is 9.76 Å². The number of benzene rings is 3. The summed E-state index contributed by atoms with van der Waals surface area (Å²) in [6.45, 7) is 0. The Balaban J connectivity index is 2.22. The lowest BCUT2D eigenvalue weighted by atomic mass is 10.0. The lowest BCUT2D eigenvalue weighted by Gasteiger charge is -2.07. The zero-order valence-electron chi connectivity index (χ0n) is 10.0. The minimum absolute atomic E-state index is 1.12. The van der Waals surface area contributed by atoms with Crippen LogP contribution in [-0.4, -0.2) is 14.6 Å². The Morgan fingerprint density at radius 1 is 0.722 bits per heavy atom. The predicted octanol–water partition coefficient (Wildman–Crippen LogP) is 2.21. The third-order valence-corrected chi connectivity index (χ3v) is 4.21. The highest BCUT2D eigenvalue weighted by Crippen LogP contribution is 2.23. The van der Waals surface area contributed by atoms with E-state index in [0.29, 0.717) is 0 Å². The molecule has 3 rings (SSSR count). The molecule has 88 valence electrons. The molecule has 3 aromatic rings. The van der Waals surface area contributed by atoms with Crippen LogP contribution in [0.4, 0.5) is 0 Å². The van der Waals surface area contributed by atoms with Gasteiger partial charge in [0.05, 0.1) is 0 Å². The van der Waals surface area contributed by atoms with E-state index in [2.05, 4.69) is 36.4 Å². The lowest BCUT2D eigenvalue weighted by Crippen LogP contribution is -2.13. The SMILES string of the molecule is O[SiH2]c1cccc2ccc(-c3ccccc3)cc12. The van der Waals surface area contributed by atoms with Gasteiger partial charge in [-0.1, -0.05) is 60.7 Å². The van der Waals surface area contributed by atoms with E-state index in [-0.39, 0.29) is 0 Å². The first-order chi connectivity index (χ1) is 8.88. The molecule has 2 heteroatoms. The summed E-state index contributed by atoms with van der Waals surface area (Å²) in [6.07, 6.45) is 0. The molecule has 1 nitrogen and oxygen atoms in total. The Morgan fingerprint density at radius 3 is 2.33 bits per heavy atom. The molecule has 0 aromatic heterocycles. The Labute approximate surface area is 109 Å². The molecule has 0 heterocycles. The molecule has 1 N–H and O–H groups in total. The van der Waals surface area contributed by atoms with Gasteiger partial charge in [0.25, 0.3) is 0 Å². The highest BCUT2D eigenvalue weighted by molar-refractivity contribution is 6.50. The summed E-state index contributed by atoms with van der Waals surface area (Å²) in [5.41, 5.74) is 2.42. The summed E-state index contributed by atoms with van der Waals surface area (Å²) < 4.78 is 0. The van der Waals surface area contributed by atoms with Crippen molar-refractivity contribution >= 4 is 25.7 Å². The van der Waals surface area contributed by atoms with Crippen molar-refractivity contribution in [2.75, 3.05) is 0 Å². The molecule has 0 aliphatic carbocycles. The molecule has 0 aliphatic heterocycles. The van der Waals surface area contributed by atoms with Crippen molar-refractivity contribution in [2.24, 2.45) is 0 Å². The second-order valence-electron chi connectivity index (χ2n) is 4.38. The predicted molar refractivity (Wildman–Crippen MR) is 79.8 cm³/mol. The number of hydrogen-bond donors (Lipinski definition) is 1. The van der Waals surface area contributed by atoms with Gasteiger partial charge >= 0.3 is 0 Å². The second kappa shape index (κ2) is 4.76. The largest absolute Gasteiger partial charge is 0.433 e. The van der Waals surface area contributed by atoms with Crippen LogP contribution in [0, 0.1) is 0 Å². The van der Waals surface area contributed by atoms with Crippen LogP contribution in [0.2, 0.25) is 0 Å². The molecule has 3 aromatic carbocycles. The topological polar surface area (TPSA) is 20.2 Å². The standard InChI is InChI=1S/C16H14OSi/c17-18-16-8-4-7-13-9-10-14(11-15(13)16)12-5-2-1-3-6-12/h1-11,17H,18H2. The Kier molecular flexibility index (Phi) is 2.96. The highest BCUT2D eigenvalue weighted by Gasteiger charge is 2.03. The summed E-state index contributed by atoms with van der Waals surface area (Å²) in [5, 5.41) is 3.51. The van der Waals surface area contributed by atoms with E-state index in [0.717, 1.165) is 5.19 Å². The number of rotatable bonds is 2. The normalized spacial score (nSPS) is 11.4. The first kappa shape index (κ1) is 11.2. The summed E-state index contributed by atoms with van der Waals surface area (Å²) in [5.74, 6) is 0. The summed E-state index contributed by atoms with van der Waals surface area (Å²) in [7, 11) is -1.13. The molecule has 0 aliphatic rings. The van der Waals surface area contributed by atoms with Crippen molar-refractivity contribution in [1.82, 2.24) is 0 Å². The molecule has 0 saturated heterocycles. The van der Waals surface area contributed by atoms with Crippen LogP contribution in [-0.2, 0) is 0 Å². The van der Waals surface area contributed by atoms with E-state index in [4.69, 9.17) is 0 Å². The monoisotopic (exact) mass is 250 g/mol. The van der Waals surface area contributed by atoms with E-state index >= 15 is 0 Å². The average molecular weight is 250 g/mol.